The van der Waals surface area contributed by atoms with Crippen LogP contribution in [0.15, 0.2) is 18.3 Å². The van der Waals surface area contributed by atoms with Crippen LogP contribution in [0.1, 0.15) is 30.1 Å². The summed E-state index contributed by atoms with van der Waals surface area (Å²) in [5, 5.41) is 12.4. The van der Waals surface area contributed by atoms with Gasteiger partial charge in [-0.05, 0) is 45.0 Å². The molecule has 0 unspecified atom stereocenters. The molecule has 1 aromatic heterocycles. The molecular weight excluding hydrogens is 230 g/mol. The van der Waals surface area contributed by atoms with Crippen LogP contribution in [0.4, 0.5) is 5.82 Å². The van der Waals surface area contributed by atoms with Gasteiger partial charge in [-0.1, -0.05) is 0 Å². The van der Waals surface area contributed by atoms with Gasteiger partial charge in [0.2, 0.25) is 0 Å². The molecule has 2 heterocycles. The van der Waals surface area contributed by atoms with E-state index in [1.807, 2.05) is 0 Å². The van der Waals surface area contributed by atoms with E-state index in [0.717, 1.165) is 38.3 Å². The molecule has 0 spiro atoms. The van der Waals surface area contributed by atoms with E-state index in [0.29, 0.717) is 11.6 Å². The average molecular weight is 249 g/mol. The lowest BCUT2D eigenvalue weighted by Gasteiger charge is -2.34. The molecule has 2 rings (SSSR count). The summed E-state index contributed by atoms with van der Waals surface area (Å²) in [7, 11) is 0. The molecule has 5 nitrogen and oxygen atoms in total. The molecule has 0 amide bonds. The number of carboxylic acids is 1. The van der Waals surface area contributed by atoms with Gasteiger partial charge >= 0.3 is 5.97 Å². The fraction of sp³-hybridized carbons (Fsp3) is 0.538. The topological polar surface area (TPSA) is 65.5 Å². The Kier molecular flexibility index (Phi) is 4.15. The number of nitrogens with zero attached hydrogens (tertiary/aromatic N) is 2. The highest BCUT2D eigenvalue weighted by atomic mass is 16.4. The lowest BCUT2D eigenvalue weighted by atomic mass is 10.0. The zero-order chi connectivity index (χ0) is 13.0. The maximum absolute atomic E-state index is 11.0. The van der Waals surface area contributed by atoms with Crippen molar-refractivity contribution < 1.29 is 9.90 Å². The summed E-state index contributed by atoms with van der Waals surface area (Å²) in [6.07, 6.45) is 3.72. The molecule has 0 radical (unpaired) electrons. The molecule has 0 bridgehead atoms. The minimum atomic E-state index is -0.903. The second-order valence-corrected chi connectivity index (χ2v) is 4.48. The van der Waals surface area contributed by atoms with Crippen molar-refractivity contribution in [1.82, 2.24) is 10.3 Å². The molecule has 1 saturated heterocycles. The van der Waals surface area contributed by atoms with Crippen molar-refractivity contribution in [3.63, 3.8) is 0 Å². The van der Waals surface area contributed by atoms with Crippen LogP contribution in [0, 0.1) is 0 Å². The normalized spacial score (nSPS) is 16.5. The number of pyridine rings is 1. The number of aromatic carboxylic acids is 1. The Morgan fingerprint density at radius 1 is 1.56 bits per heavy atom. The number of nitrogens with one attached hydrogen (secondary N) is 1. The second kappa shape index (κ2) is 5.82. The van der Waals surface area contributed by atoms with E-state index < -0.39 is 5.97 Å². The molecule has 2 N–H and O–H groups in total. The number of carbonyl (C=O) groups is 1. The predicted octanol–water partition coefficient (Wildman–Crippen LogP) is 1.36. The van der Waals surface area contributed by atoms with Crippen LogP contribution in [0.25, 0.3) is 0 Å². The van der Waals surface area contributed by atoms with Crippen LogP contribution in [0.3, 0.4) is 0 Å². The summed E-state index contributed by atoms with van der Waals surface area (Å²) in [5.41, 5.74) is 0.299. The highest BCUT2D eigenvalue weighted by Crippen LogP contribution is 2.20. The third-order valence-electron chi connectivity index (χ3n) is 3.38. The summed E-state index contributed by atoms with van der Waals surface area (Å²) < 4.78 is 0. The Bertz CT molecular complexity index is 416. The lowest BCUT2D eigenvalue weighted by molar-refractivity contribution is 0.0696. The van der Waals surface area contributed by atoms with Crippen molar-refractivity contribution in [2.45, 2.75) is 25.8 Å². The molecule has 5 heteroatoms. The van der Waals surface area contributed by atoms with Crippen molar-refractivity contribution >= 4 is 11.8 Å². The molecule has 0 aliphatic carbocycles. The molecule has 0 aromatic carbocycles. The van der Waals surface area contributed by atoms with Gasteiger partial charge in [0, 0.05) is 18.8 Å². The van der Waals surface area contributed by atoms with Gasteiger partial charge in [-0.15, -0.1) is 0 Å². The largest absolute Gasteiger partial charge is 0.478 e. The zero-order valence-electron chi connectivity index (χ0n) is 10.6. The van der Waals surface area contributed by atoms with E-state index in [1.54, 1.807) is 12.3 Å². The molecule has 0 saturated carbocycles. The zero-order valence-corrected chi connectivity index (χ0v) is 10.6. The van der Waals surface area contributed by atoms with Crippen LogP contribution in [0.5, 0.6) is 0 Å². The Morgan fingerprint density at radius 2 is 2.28 bits per heavy atom. The summed E-state index contributed by atoms with van der Waals surface area (Å²) in [5.74, 6) is -0.135. The Hall–Kier alpha value is -1.62. The standard InChI is InChI=1S/C13H19N3O2/c1-2-16(11-4-6-14-7-5-11)12-9-10(13(17)18)3-8-15-12/h3,8-9,11,14H,2,4-7H2,1H3,(H,17,18). The van der Waals surface area contributed by atoms with Crippen molar-refractivity contribution in [1.29, 1.82) is 0 Å². The smallest absolute Gasteiger partial charge is 0.335 e. The predicted molar refractivity (Wildman–Crippen MR) is 70.1 cm³/mol. The van der Waals surface area contributed by atoms with Crippen molar-refractivity contribution in [3.05, 3.63) is 23.9 Å². The summed E-state index contributed by atoms with van der Waals surface area (Å²) in [6, 6.07) is 3.64. The van der Waals surface area contributed by atoms with Crippen LogP contribution >= 0.6 is 0 Å². The fourth-order valence-electron chi connectivity index (χ4n) is 2.43. The van der Waals surface area contributed by atoms with Crippen molar-refractivity contribution in [2.75, 3.05) is 24.5 Å². The minimum absolute atomic E-state index is 0.299. The van der Waals surface area contributed by atoms with Crippen LogP contribution < -0.4 is 10.2 Å². The first-order valence-corrected chi connectivity index (χ1v) is 6.39. The highest BCUT2D eigenvalue weighted by molar-refractivity contribution is 5.88. The van der Waals surface area contributed by atoms with Gasteiger partial charge in [-0.3, -0.25) is 0 Å². The number of aromatic nitrogens is 1. The number of hydrogen-bond acceptors (Lipinski definition) is 4. The third-order valence-corrected chi connectivity index (χ3v) is 3.38. The summed E-state index contributed by atoms with van der Waals surface area (Å²) >= 11 is 0. The third kappa shape index (κ3) is 2.79. The maximum atomic E-state index is 11.0. The van der Waals surface area contributed by atoms with E-state index in [2.05, 4.69) is 22.1 Å². The number of hydrogen-bond donors (Lipinski definition) is 2. The average Bonchev–Trinajstić information content (AvgIpc) is 2.41. The number of anilines is 1. The quantitative estimate of drug-likeness (QED) is 0.843. The van der Waals surface area contributed by atoms with E-state index in [1.165, 1.54) is 6.07 Å². The van der Waals surface area contributed by atoms with Crippen LogP contribution in [-0.4, -0.2) is 41.7 Å². The van der Waals surface area contributed by atoms with Gasteiger partial charge in [-0.2, -0.15) is 0 Å². The van der Waals surface area contributed by atoms with E-state index in [-0.39, 0.29) is 0 Å². The van der Waals surface area contributed by atoms with Gasteiger partial charge in [0.05, 0.1) is 5.56 Å². The van der Waals surface area contributed by atoms with Crippen molar-refractivity contribution in [3.8, 4) is 0 Å². The molecule has 1 aromatic rings. The Labute approximate surface area is 107 Å². The monoisotopic (exact) mass is 249 g/mol. The molecule has 1 fully saturated rings. The first kappa shape index (κ1) is 12.8. The van der Waals surface area contributed by atoms with Gasteiger partial charge in [0.1, 0.15) is 5.82 Å². The minimum Gasteiger partial charge on any atom is -0.478 e. The highest BCUT2D eigenvalue weighted by Gasteiger charge is 2.21. The number of carboxylic acid groups (broad SMARTS) is 1. The van der Waals surface area contributed by atoms with Gasteiger partial charge < -0.3 is 15.3 Å². The number of rotatable bonds is 4. The van der Waals surface area contributed by atoms with Crippen LogP contribution in [0.2, 0.25) is 0 Å². The maximum Gasteiger partial charge on any atom is 0.335 e. The van der Waals surface area contributed by atoms with Gasteiger partial charge in [0.15, 0.2) is 0 Å². The fourth-order valence-corrected chi connectivity index (χ4v) is 2.43. The first-order chi connectivity index (χ1) is 8.72. The van der Waals surface area contributed by atoms with E-state index in [4.69, 9.17) is 5.11 Å². The number of piperidine rings is 1. The van der Waals surface area contributed by atoms with Gasteiger partial charge in [0.25, 0.3) is 0 Å². The van der Waals surface area contributed by atoms with Gasteiger partial charge in [-0.25, -0.2) is 9.78 Å². The Morgan fingerprint density at radius 3 is 2.89 bits per heavy atom. The molecule has 1 aliphatic rings. The van der Waals surface area contributed by atoms with E-state index >= 15 is 0 Å². The lowest BCUT2D eigenvalue weighted by Crippen LogP contribution is -2.43. The molecule has 1 aliphatic heterocycles. The van der Waals surface area contributed by atoms with Crippen LogP contribution in [-0.2, 0) is 0 Å². The molecule has 0 atom stereocenters. The summed E-state index contributed by atoms with van der Waals surface area (Å²) in [6.45, 7) is 4.96. The van der Waals surface area contributed by atoms with E-state index in [9.17, 15) is 4.79 Å². The Balaban J connectivity index is 2.20. The SMILES string of the molecule is CCN(c1cc(C(=O)O)ccn1)C1CCNCC1. The molecule has 98 valence electrons. The molecular formula is C13H19N3O2. The molecule has 18 heavy (non-hydrogen) atoms. The summed E-state index contributed by atoms with van der Waals surface area (Å²) in [4.78, 5) is 17.5. The van der Waals surface area contributed by atoms with Crippen molar-refractivity contribution in [2.24, 2.45) is 0 Å². The first-order valence-electron chi connectivity index (χ1n) is 6.39. The second-order valence-electron chi connectivity index (χ2n) is 4.48.